The zero-order valence-electron chi connectivity index (χ0n) is 19.7. The highest BCUT2D eigenvalue weighted by atomic mass is 16.5. The number of benzene rings is 2. The number of likely N-dealkylation sites (tertiary alicyclic amines) is 1. The van der Waals surface area contributed by atoms with E-state index in [1.165, 1.54) is 12.4 Å². The number of rotatable bonds is 6. The van der Waals surface area contributed by atoms with Gasteiger partial charge >= 0.3 is 0 Å². The van der Waals surface area contributed by atoms with Gasteiger partial charge < -0.3 is 20.3 Å². The fourth-order valence-corrected chi connectivity index (χ4v) is 4.02. The van der Waals surface area contributed by atoms with Crippen molar-refractivity contribution in [1.82, 2.24) is 20.2 Å². The number of aryl methyl sites for hydroxylation is 1. The van der Waals surface area contributed by atoms with Crippen LogP contribution in [0.5, 0.6) is 5.75 Å². The van der Waals surface area contributed by atoms with Crippen LogP contribution < -0.4 is 15.4 Å². The fourth-order valence-electron chi connectivity index (χ4n) is 4.02. The number of amides is 3. The lowest BCUT2D eigenvalue weighted by molar-refractivity contribution is 0.0697. The number of aromatic nitrogens is 2. The third-order valence-corrected chi connectivity index (χ3v) is 5.97. The van der Waals surface area contributed by atoms with Gasteiger partial charge in [-0.1, -0.05) is 24.3 Å². The molecule has 1 fully saturated rings. The molecule has 0 saturated carbocycles. The van der Waals surface area contributed by atoms with Crippen molar-refractivity contribution in [2.24, 2.45) is 0 Å². The summed E-state index contributed by atoms with van der Waals surface area (Å²) in [5.41, 5.74) is 1.93. The Morgan fingerprint density at radius 3 is 2.46 bits per heavy atom. The highest BCUT2D eigenvalue weighted by molar-refractivity contribution is 6.08. The number of anilines is 1. The largest absolute Gasteiger partial charge is 0.497 e. The maximum absolute atomic E-state index is 13.0. The zero-order chi connectivity index (χ0) is 24.8. The second kappa shape index (κ2) is 10.8. The van der Waals surface area contributed by atoms with Gasteiger partial charge in [0.25, 0.3) is 17.7 Å². The highest BCUT2D eigenvalue weighted by Crippen LogP contribution is 2.19. The van der Waals surface area contributed by atoms with Crippen molar-refractivity contribution < 1.29 is 19.1 Å². The van der Waals surface area contributed by atoms with Crippen molar-refractivity contribution in [2.45, 2.75) is 25.8 Å². The number of nitrogens with zero attached hydrogens (tertiary/aromatic N) is 3. The van der Waals surface area contributed by atoms with E-state index in [9.17, 15) is 14.4 Å². The Balaban J connectivity index is 1.37. The molecule has 0 aliphatic carbocycles. The minimum Gasteiger partial charge on any atom is -0.497 e. The number of ether oxygens (including phenoxy) is 1. The van der Waals surface area contributed by atoms with Crippen molar-refractivity contribution in [3.05, 3.63) is 83.3 Å². The Morgan fingerprint density at radius 1 is 0.971 bits per heavy atom. The molecule has 1 aliphatic heterocycles. The number of hydrogen-bond donors (Lipinski definition) is 2. The Hall–Kier alpha value is -4.27. The smallest absolute Gasteiger partial charge is 0.273 e. The second-order valence-corrected chi connectivity index (χ2v) is 8.29. The molecule has 3 amide bonds. The van der Waals surface area contributed by atoms with E-state index in [1.807, 2.05) is 19.1 Å². The quantitative estimate of drug-likeness (QED) is 0.569. The molecule has 0 atom stereocenters. The molecule has 1 aromatic heterocycles. The second-order valence-electron chi connectivity index (χ2n) is 8.29. The molecule has 2 aromatic carbocycles. The summed E-state index contributed by atoms with van der Waals surface area (Å²) in [6.07, 6.45) is 4.04. The average Bonchev–Trinajstić information content (AvgIpc) is 2.89. The van der Waals surface area contributed by atoms with Crippen LogP contribution in [0.3, 0.4) is 0 Å². The molecular formula is C26H27N5O4. The van der Waals surface area contributed by atoms with Crippen LogP contribution in [0.4, 0.5) is 5.82 Å². The lowest BCUT2D eigenvalue weighted by Crippen LogP contribution is -2.46. The average molecular weight is 474 g/mol. The van der Waals surface area contributed by atoms with Gasteiger partial charge in [0.1, 0.15) is 5.75 Å². The van der Waals surface area contributed by atoms with Gasteiger partial charge in [-0.25, -0.2) is 9.97 Å². The molecular weight excluding hydrogens is 446 g/mol. The predicted molar refractivity (Wildman–Crippen MR) is 131 cm³/mol. The summed E-state index contributed by atoms with van der Waals surface area (Å²) < 4.78 is 5.20. The first kappa shape index (κ1) is 23.9. The molecule has 0 radical (unpaired) electrons. The molecule has 4 rings (SSSR count). The summed E-state index contributed by atoms with van der Waals surface area (Å²) in [5.74, 6) is -0.113. The van der Waals surface area contributed by atoms with E-state index >= 15 is 0 Å². The van der Waals surface area contributed by atoms with Gasteiger partial charge in [-0.15, -0.1) is 0 Å². The topological polar surface area (TPSA) is 114 Å². The van der Waals surface area contributed by atoms with Gasteiger partial charge in [-0.3, -0.25) is 14.4 Å². The number of piperidine rings is 1. The van der Waals surface area contributed by atoms with Crippen molar-refractivity contribution in [1.29, 1.82) is 0 Å². The Morgan fingerprint density at radius 2 is 1.71 bits per heavy atom. The molecule has 9 heteroatoms. The fraction of sp³-hybridized carbons (Fsp3) is 0.269. The first-order valence-electron chi connectivity index (χ1n) is 11.4. The van der Waals surface area contributed by atoms with Crippen molar-refractivity contribution >= 4 is 23.5 Å². The van der Waals surface area contributed by atoms with Crippen molar-refractivity contribution in [3.63, 3.8) is 0 Å². The van der Waals surface area contributed by atoms with E-state index in [1.54, 1.807) is 48.4 Å². The number of carbonyl (C=O) groups excluding carboxylic acids is 3. The maximum atomic E-state index is 13.0. The predicted octanol–water partition coefficient (Wildman–Crippen LogP) is 3.08. The summed E-state index contributed by atoms with van der Waals surface area (Å²) in [5, 5.41) is 5.67. The van der Waals surface area contributed by atoms with E-state index in [-0.39, 0.29) is 29.4 Å². The van der Waals surface area contributed by atoms with Gasteiger partial charge in [0, 0.05) is 42.7 Å². The van der Waals surface area contributed by atoms with Crippen LogP contribution in [0.2, 0.25) is 0 Å². The third-order valence-electron chi connectivity index (χ3n) is 5.97. The van der Waals surface area contributed by atoms with Crippen LogP contribution in [0, 0.1) is 6.92 Å². The minimum atomic E-state index is -0.421. The first-order valence-corrected chi connectivity index (χ1v) is 11.4. The number of hydrogen-bond acceptors (Lipinski definition) is 6. The normalized spacial score (nSPS) is 13.7. The monoisotopic (exact) mass is 473 g/mol. The van der Waals surface area contributed by atoms with Crippen LogP contribution in [0.1, 0.15) is 49.6 Å². The van der Waals surface area contributed by atoms with Gasteiger partial charge in [0.2, 0.25) is 0 Å². The van der Waals surface area contributed by atoms with Crippen molar-refractivity contribution in [2.75, 3.05) is 25.5 Å². The minimum absolute atomic E-state index is 0.0457. The molecule has 1 saturated heterocycles. The SMILES string of the molecule is COc1cccc(C(=O)N2CCC(NC(=O)c3nccnc3NC(=O)c3ccccc3C)CC2)c1. The van der Waals surface area contributed by atoms with E-state index in [0.717, 1.165) is 5.56 Å². The number of nitrogens with one attached hydrogen (secondary N) is 2. The van der Waals surface area contributed by atoms with E-state index in [0.29, 0.717) is 42.8 Å². The zero-order valence-corrected chi connectivity index (χ0v) is 19.7. The molecule has 0 spiro atoms. The maximum Gasteiger partial charge on any atom is 0.273 e. The van der Waals surface area contributed by atoms with Crippen LogP contribution in [-0.4, -0.2) is 58.8 Å². The van der Waals surface area contributed by atoms with Crippen molar-refractivity contribution in [3.8, 4) is 5.75 Å². The molecule has 0 bridgehead atoms. The van der Waals surface area contributed by atoms with Gasteiger partial charge in [-0.2, -0.15) is 0 Å². The van der Waals surface area contributed by atoms with Gasteiger partial charge in [0.05, 0.1) is 7.11 Å². The summed E-state index contributed by atoms with van der Waals surface area (Å²) in [6.45, 7) is 2.86. The molecule has 35 heavy (non-hydrogen) atoms. The summed E-state index contributed by atoms with van der Waals surface area (Å²) in [7, 11) is 1.56. The summed E-state index contributed by atoms with van der Waals surface area (Å²) in [6, 6.07) is 14.1. The molecule has 180 valence electrons. The lowest BCUT2D eigenvalue weighted by Gasteiger charge is -2.32. The van der Waals surface area contributed by atoms with Crippen LogP contribution in [-0.2, 0) is 0 Å². The molecule has 1 aliphatic rings. The third kappa shape index (κ3) is 5.63. The van der Waals surface area contributed by atoms with Crippen LogP contribution in [0.25, 0.3) is 0 Å². The Bertz CT molecular complexity index is 1240. The highest BCUT2D eigenvalue weighted by Gasteiger charge is 2.26. The van der Waals surface area contributed by atoms with E-state index in [2.05, 4.69) is 20.6 Å². The molecule has 3 aromatic rings. The van der Waals surface area contributed by atoms with Gasteiger partial charge in [-0.05, 0) is 49.6 Å². The van der Waals surface area contributed by atoms with E-state index in [4.69, 9.17) is 4.74 Å². The standard InChI is InChI=1S/C26H27N5O4/c1-17-6-3-4-9-21(17)24(32)30-23-22(27-12-13-28-23)25(33)29-19-10-14-31(15-11-19)26(34)18-7-5-8-20(16-18)35-2/h3-9,12-13,16,19H,10-11,14-15H2,1-2H3,(H,29,33)(H,28,30,32). The Labute approximate surface area is 203 Å². The lowest BCUT2D eigenvalue weighted by atomic mass is 10.0. The molecule has 9 nitrogen and oxygen atoms in total. The molecule has 0 unspecified atom stereocenters. The van der Waals surface area contributed by atoms with Crippen LogP contribution in [0.15, 0.2) is 60.9 Å². The Kier molecular flexibility index (Phi) is 7.35. The number of carbonyl (C=O) groups is 3. The van der Waals surface area contributed by atoms with E-state index < -0.39 is 5.91 Å². The van der Waals surface area contributed by atoms with Crippen LogP contribution >= 0.6 is 0 Å². The molecule has 2 heterocycles. The summed E-state index contributed by atoms with van der Waals surface area (Å²) >= 11 is 0. The number of methoxy groups -OCH3 is 1. The summed E-state index contributed by atoms with van der Waals surface area (Å²) in [4.78, 5) is 48.6. The van der Waals surface area contributed by atoms with Gasteiger partial charge in [0.15, 0.2) is 11.5 Å². The molecule has 2 N–H and O–H groups in total. The first-order chi connectivity index (χ1) is 17.0.